The third-order valence-corrected chi connectivity index (χ3v) is 4.96. The van der Waals surface area contributed by atoms with Crippen LogP contribution in [0.3, 0.4) is 0 Å². The van der Waals surface area contributed by atoms with E-state index in [1.54, 1.807) is 6.20 Å². The van der Waals surface area contributed by atoms with E-state index >= 15 is 0 Å². The van der Waals surface area contributed by atoms with Crippen LogP contribution in [0.25, 0.3) is 0 Å². The molecule has 2 nitrogen and oxygen atoms in total. The van der Waals surface area contributed by atoms with Gasteiger partial charge in [0.15, 0.2) is 0 Å². The molecule has 1 aliphatic heterocycles. The highest BCUT2D eigenvalue weighted by atomic mass is 127. The molecule has 1 saturated heterocycles. The van der Waals surface area contributed by atoms with Crippen LogP contribution >= 0.6 is 46.0 Å². The lowest BCUT2D eigenvalue weighted by Crippen LogP contribution is -2.06. The molecule has 0 saturated carbocycles. The van der Waals surface area contributed by atoms with Crippen molar-refractivity contribution in [1.29, 1.82) is 0 Å². The zero-order chi connectivity index (χ0) is 9.97. The Morgan fingerprint density at radius 1 is 1.50 bits per heavy atom. The summed E-state index contributed by atoms with van der Waals surface area (Å²) in [6.45, 7) is 0. The molecule has 1 fully saturated rings. The van der Waals surface area contributed by atoms with Gasteiger partial charge < -0.3 is 0 Å². The molecule has 0 N–H and O–H groups in total. The summed E-state index contributed by atoms with van der Waals surface area (Å²) < 4.78 is 0.925. The van der Waals surface area contributed by atoms with Crippen LogP contribution in [0.15, 0.2) is 6.20 Å². The molecule has 1 aromatic rings. The predicted molar refractivity (Wildman–Crippen MR) is 68.8 cm³/mol. The van der Waals surface area contributed by atoms with Crippen molar-refractivity contribution >= 4 is 46.0 Å². The monoisotopic (exact) mass is 340 g/mol. The molecule has 2 heterocycles. The van der Waals surface area contributed by atoms with Gasteiger partial charge in [0.1, 0.15) is 11.0 Å². The second-order valence-electron chi connectivity index (χ2n) is 3.22. The fourth-order valence-electron chi connectivity index (χ4n) is 1.46. The molecule has 1 unspecified atom stereocenters. The lowest BCUT2D eigenvalue weighted by molar-refractivity contribution is 0.661. The van der Waals surface area contributed by atoms with Gasteiger partial charge in [-0.15, -0.1) is 0 Å². The molecule has 0 bridgehead atoms. The number of nitrogens with zero attached hydrogens (tertiary/aromatic N) is 2. The molecule has 0 spiro atoms. The number of hydrogen-bond donors (Lipinski definition) is 0. The lowest BCUT2D eigenvalue weighted by atomic mass is 10.2. The fraction of sp³-hybridized carbons (Fsp3) is 0.556. The lowest BCUT2D eigenvalue weighted by Gasteiger charge is -2.19. The number of rotatable bonds is 1. The van der Waals surface area contributed by atoms with Crippen molar-refractivity contribution in [3.05, 3.63) is 20.7 Å². The topological polar surface area (TPSA) is 25.8 Å². The number of halogens is 2. The summed E-state index contributed by atoms with van der Waals surface area (Å²) in [5.74, 6) is 2.12. The summed E-state index contributed by atoms with van der Waals surface area (Å²) in [5.41, 5.74) is 0. The summed E-state index contributed by atoms with van der Waals surface area (Å²) in [4.78, 5) is 8.66. The third-order valence-electron chi connectivity index (χ3n) is 2.19. The van der Waals surface area contributed by atoms with E-state index in [-0.39, 0.29) is 0 Å². The van der Waals surface area contributed by atoms with Gasteiger partial charge >= 0.3 is 0 Å². The molecule has 76 valence electrons. The maximum Gasteiger partial charge on any atom is 0.146 e. The minimum absolute atomic E-state index is 0.457. The molecule has 1 aromatic heterocycles. The van der Waals surface area contributed by atoms with Gasteiger partial charge in [0, 0.05) is 6.20 Å². The quantitative estimate of drug-likeness (QED) is 0.576. The van der Waals surface area contributed by atoms with E-state index in [1.807, 2.05) is 11.8 Å². The molecule has 1 aliphatic rings. The molecule has 5 heteroatoms. The van der Waals surface area contributed by atoms with Gasteiger partial charge in [-0.3, -0.25) is 0 Å². The molecule has 0 aromatic carbocycles. The van der Waals surface area contributed by atoms with Crippen molar-refractivity contribution in [3.8, 4) is 0 Å². The Balaban J connectivity index is 2.18. The zero-order valence-corrected chi connectivity index (χ0v) is 11.3. The van der Waals surface area contributed by atoms with E-state index in [9.17, 15) is 0 Å². The highest BCUT2D eigenvalue weighted by molar-refractivity contribution is 14.1. The number of hydrogen-bond acceptors (Lipinski definition) is 3. The Labute approximate surface area is 106 Å². The van der Waals surface area contributed by atoms with Gasteiger partial charge in [-0.2, -0.15) is 11.8 Å². The van der Waals surface area contributed by atoms with Crippen LogP contribution in [-0.2, 0) is 0 Å². The van der Waals surface area contributed by atoms with E-state index in [4.69, 9.17) is 11.6 Å². The third kappa shape index (κ3) is 2.52. The van der Waals surface area contributed by atoms with Gasteiger partial charge in [-0.1, -0.05) is 18.0 Å². The maximum absolute atomic E-state index is 5.97. The maximum atomic E-state index is 5.97. The summed E-state index contributed by atoms with van der Waals surface area (Å²) in [7, 11) is 0. The average Bonchev–Trinajstić information content (AvgIpc) is 2.23. The Morgan fingerprint density at radius 2 is 2.36 bits per heavy atom. The first-order valence-corrected chi connectivity index (χ1v) is 7.07. The fourth-order valence-corrected chi connectivity index (χ4v) is 3.10. The van der Waals surface area contributed by atoms with Gasteiger partial charge in [0.2, 0.25) is 0 Å². The van der Waals surface area contributed by atoms with E-state index in [2.05, 4.69) is 32.6 Å². The first-order valence-electron chi connectivity index (χ1n) is 4.57. The van der Waals surface area contributed by atoms with E-state index < -0.39 is 0 Å². The highest BCUT2D eigenvalue weighted by Gasteiger charge is 2.19. The van der Waals surface area contributed by atoms with Crippen LogP contribution < -0.4 is 0 Å². The molecule has 1 atom stereocenters. The second kappa shape index (κ2) is 4.99. The molecule has 0 amide bonds. The highest BCUT2D eigenvalue weighted by Crippen LogP contribution is 2.36. The van der Waals surface area contributed by atoms with E-state index in [0.29, 0.717) is 10.4 Å². The van der Waals surface area contributed by atoms with Crippen molar-refractivity contribution in [2.45, 2.75) is 24.5 Å². The van der Waals surface area contributed by atoms with Crippen LogP contribution in [0.5, 0.6) is 0 Å². The minimum Gasteiger partial charge on any atom is -0.239 e. The van der Waals surface area contributed by atoms with E-state index in [0.717, 1.165) is 9.39 Å². The van der Waals surface area contributed by atoms with Crippen LogP contribution in [-0.4, -0.2) is 15.7 Å². The number of thioether (sulfide) groups is 1. The summed E-state index contributed by atoms with van der Waals surface area (Å²) in [5, 5.41) is 1.04. The summed E-state index contributed by atoms with van der Waals surface area (Å²) >= 11 is 10.1. The molecule has 0 aliphatic carbocycles. The molecular weight excluding hydrogens is 331 g/mol. The molecule has 0 radical (unpaired) electrons. The Morgan fingerprint density at radius 3 is 3.00 bits per heavy atom. The predicted octanol–water partition coefficient (Wildman–Crippen LogP) is 3.69. The van der Waals surface area contributed by atoms with Gasteiger partial charge in [0.05, 0.1) is 8.82 Å². The second-order valence-corrected chi connectivity index (χ2v) is 6.05. The van der Waals surface area contributed by atoms with Crippen LogP contribution in [0.4, 0.5) is 0 Å². The normalized spacial score (nSPS) is 22.3. The standard InChI is InChI=1S/C9H10ClIN2S/c10-8-6(11)5-12-9(13-8)7-3-1-2-4-14-7/h5,7H,1-4H2. The Hall–Kier alpha value is 0.450. The SMILES string of the molecule is Clc1nc(C2CCCCS2)ncc1I. The van der Waals surface area contributed by atoms with Crippen molar-refractivity contribution in [2.75, 3.05) is 5.75 Å². The van der Waals surface area contributed by atoms with E-state index in [1.165, 1.54) is 25.0 Å². The average molecular weight is 341 g/mol. The van der Waals surface area contributed by atoms with Crippen molar-refractivity contribution in [1.82, 2.24) is 9.97 Å². The van der Waals surface area contributed by atoms with Crippen molar-refractivity contribution in [2.24, 2.45) is 0 Å². The molecule has 14 heavy (non-hydrogen) atoms. The molecule has 2 rings (SSSR count). The zero-order valence-electron chi connectivity index (χ0n) is 7.54. The molecular formula is C9H10ClIN2S. The van der Waals surface area contributed by atoms with Crippen molar-refractivity contribution in [3.63, 3.8) is 0 Å². The van der Waals surface area contributed by atoms with Crippen LogP contribution in [0.1, 0.15) is 30.3 Å². The van der Waals surface area contributed by atoms with Gasteiger partial charge in [-0.25, -0.2) is 9.97 Å². The summed E-state index contributed by atoms with van der Waals surface area (Å²) in [6, 6.07) is 0. The largest absolute Gasteiger partial charge is 0.239 e. The van der Waals surface area contributed by atoms with Gasteiger partial charge in [0.25, 0.3) is 0 Å². The summed E-state index contributed by atoms with van der Waals surface area (Å²) in [6.07, 6.45) is 5.59. The Bertz CT molecular complexity index is 329. The van der Waals surface area contributed by atoms with Gasteiger partial charge in [-0.05, 0) is 41.2 Å². The van der Waals surface area contributed by atoms with Crippen LogP contribution in [0.2, 0.25) is 5.15 Å². The van der Waals surface area contributed by atoms with Crippen molar-refractivity contribution < 1.29 is 0 Å². The first-order chi connectivity index (χ1) is 6.77. The minimum atomic E-state index is 0.457. The first kappa shape index (κ1) is 11.0. The number of aromatic nitrogens is 2. The Kier molecular flexibility index (Phi) is 3.90. The van der Waals surface area contributed by atoms with Crippen LogP contribution in [0, 0.1) is 3.57 Å². The smallest absolute Gasteiger partial charge is 0.146 e.